The van der Waals surface area contributed by atoms with Gasteiger partial charge in [-0.05, 0) is 6.08 Å². The number of ketones is 1. The van der Waals surface area contributed by atoms with Crippen LogP contribution >= 0.6 is 11.3 Å². The predicted molar refractivity (Wildman–Crippen MR) is 108 cm³/mol. The topological polar surface area (TPSA) is 115 Å². The van der Waals surface area contributed by atoms with Crippen LogP contribution in [0.4, 0.5) is 13.2 Å². The van der Waals surface area contributed by atoms with E-state index in [0.717, 1.165) is 6.20 Å². The largest absolute Gasteiger partial charge is 0.443 e. The van der Waals surface area contributed by atoms with Gasteiger partial charge in [0.05, 0.1) is 16.8 Å². The normalized spacial score (nSPS) is 12.0. The van der Waals surface area contributed by atoms with Crippen molar-refractivity contribution in [2.24, 2.45) is 5.73 Å². The van der Waals surface area contributed by atoms with Gasteiger partial charge in [0.2, 0.25) is 11.7 Å². The van der Waals surface area contributed by atoms with Crippen molar-refractivity contribution < 1.29 is 22.8 Å². The van der Waals surface area contributed by atoms with Gasteiger partial charge in [0, 0.05) is 35.2 Å². The number of H-pyrrole nitrogens is 1. The van der Waals surface area contributed by atoms with Gasteiger partial charge in [-0.15, -0.1) is 11.3 Å². The van der Waals surface area contributed by atoms with Gasteiger partial charge in [-0.1, -0.05) is 24.3 Å². The summed E-state index contributed by atoms with van der Waals surface area (Å²) in [4.78, 5) is 38.4. The highest BCUT2D eigenvalue weighted by Gasteiger charge is 2.35. The maximum atomic E-state index is 12.7. The lowest BCUT2D eigenvalue weighted by molar-refractivity contribution is -0.137. The van der Waals surface area contributed by atoms with Crippen molar-refractivity contribution >= 4 is 40.3 Å². The second-order valence-corrected chi connectivity index (χ2v) is 7.40. The zero-order valence-corrected chi connectivity index (χ0v) is 16.3. The van der Waals surface area contributed by atoms with Crippen LogP contribution in [0.5, 0.6) is 0 Å². The molecule has 3 heterocycles. The first kappa shape index (κ1) is 20.4. The van der Waals surface area contributed by atoms with E-state index < -0.39 is 22.9 Å². The molecule has 0 aliphatic rings. The fourth-order valence-corrected chi connectivity index (χ4v) is 3.54. The smallest absolute Gasteiger partial charge is 0.366 e. The van der Waals surface area contributed by atoms with Crippen LogP contribution in [0.15, 0.2) is 48.9 Å². The summed E-state index contributed by atoms with van der Waals surface area (Å²) in [6.45, 7) is 0. The number of amides is 1. The van der Waals surface area contributed by atoms with Gasteiger partial charge in [0.1, 0.15) is 5.52 Å². The number of halogens is 3. The van der Waals surface area contributed by atoms with Crippen molar-refractivity contribution in [3.63, 3.8) is 0 Å². The molecule has 0 fully saturated rings. The third-order valence-corrected chi connectivity index (χ3v) is 5.29. The molecule has 0 saturated heterocycles. The van der Waals surface area contributed by atoms with E-state index in [-0.39, 0.29) is 10.4 Å². The summed E-state index contributed by atoms with van der Waals surface area (Å²) in [5.41, 5.74) is 8.18. The molecule has 1 aromatic carbocycles. The molecule has 0 bridgehead atoms. The Morgan fingerprint density at radius 2 is 1.84 bits per heavy atom. The van der Waals surface area contributed by atoms with Crippen molar-refractivity contribution in [1.29, 1.82) is 0 Å². The highest BCUT2D eigenvalue weighted by atomic mass is 32.1. The van der Waals surface area contributed by atoms with E-state index in [2.05, 4.69) is 19.9 Å². The number of hydrogen-bond acceptors (Lipinski definition) is 6. The number of thiazole rings is 1. The third-order valence-electron chi connectivity index (χ3n) is 4.25. The van der Waals surface area contributed by atoms with Gasteiger partial charge >= 0.3 is 6.18 Å². The number of nitrogens with zero attached hydrogens (tertiary/aromatic N) is 3. The van der Waals surface area contributed by atoms with Gasteiger partial charge in [-0.3, -0.25) is 9.59 Å². The Labute approximate surface area is 176 Å². The summed E-state index contributed by atoms with van der Waals surface area (Å²) in [6, 6.07) is 6.25. The molecule has 1 amide bonds. The van der Waals surface area contributed by atoms with E-state index in [4.69, 9.17) is 5.73 Å². The minimum Gasteiger partial charge on any atom is -0.366 e. The van der Waals surface area contributed by atoms with Gasteiger partial charge in [-0.2, -0.15) is 13.2 Å². The molecule has 3 aromatic heterocycles. The second kappa shape index (κ2) is 7.76. The fourth-order valence-electron chi connectivity index (χ4n) is 2.79. The number of hydrogen-bond donors (Lipinski definition) is 2. The van der Waals surface area contributed by atoms with Crippen LogP contribution in [0, 0.1) is 0 Å². The number of nitrogens with two attached hydrogens (primary N) is 1. The fraction of sp³-hybridized carbons (Fsp3) is 0.0500. The molecule has 4 aromatic rings. The predicted octanol–water partition coefficient (Wildman–Crippen LogP) is 3.83. The summed E-state index contributed by atoms with van der Waals surface area (Å²) in [7, 11) is 0. The van der Waals surface area contributed by atoms with Crippen LogP contribution in [-0.2, 0) is 11.0 Å². The molecular weight excluding hydrogens is 431 g/mol. The highest BCUT2D eigenvalue weighted by molar-refractivity contribution is 7.14. The summed E-state index contributed by atoms with van der Waals surface area (Å²) in [6.07, 6.45) is 2.24. The maximum absolute atomic E-state index is 12.7. The van der Waals surface area contributed by atoms with Gasteiger partial charge in [0.15, 0.2) is 10.7 Å². The molecule has 3 N–H and O–H groups in total. The molecule has 0 spiro atoms. The molecule has 0 atom stereocenters. The van der Waals surface area contributed by atoms with E-state index in [1.807, 2.05) is 0 Å². The molecule has 11 heteroatoms. The van der Waals surface area contributed by atoms with Crippen LogP contribution < -0.4 is 5.73 Å². The van der Waals surface area contributed by atoms with Crippen LogP contribution in [0.1, 0.15) is 25.8 Å². The average molecular weight is 443 g/mol. The van der Waals surface area contributed by atoms with Gasteiger partial charge in [-0.25, -0.2) is 15.0 Å². The van der Waals surface area contributed by atoms with E-state index in [0.29, 0.717) is 39.3 Å². The Bertz CT molecular complexity index is 1320. The minimum atomic E-state index is -4.59. The molecule has 156 valence electrons. The number of benzene rings is 1. The van der Waals surface area contributed by atoms with Crippen molar-refractivity contribution in [1.82, 2.24) is 19.9 Å². The lowest BCUT2D eigenvalue weighted by atomic mass is 10.1. The van der Waals surface area contributed by atoms with Crippen LogP contribution in [0.3, 0.4) is 0 Å². The molecule has 0 saturated carbocycles. The molecule has 4 rings (SSSR count). The monoisotopic (exact) mass is 443 g/mol. The second-order valence-electron chi connectivity index (χ2n) is 6.37. The summed E-state index contributed by atoms with van der Waals surface area (Å²) in [5, 5.41) is -1.07. The number of nitrogens with one attached hydrogen (secondary N) is 1. The quantitative estimate of drug-likeness (QED) is 0.359. The minimum absolute atomic E-state index is 0.0977. The lowest BCUT2D eigenvalue weighted by Crippen LogP contribution is -2.05. The number of primary amides is 1. The number of aromatic amines is 1. The third kappa shape index (κ3) is 4.21. The van der Waals surface area contributed by atoms with Crippen LogP contribution in [0.2, 0.25) is 0 Å². The molecular formula is C20H12F3N5O2S. The lowest BCUT2D eigenvalue weighted by Gasteiger charge is -2.03. The van der Waals surface area contributed by atoms with Crippen LogP contribution in [0.25, 0.3) is 28.5 Å². The van der Waals surface area contributed by atoms with Crippen molar-refractivity contribution in [2.45, 2.75) is 6.18 Å². The number of rotatable bonds is 5. The summed E-state index contributed by atoms with van der Waals surface area (Å²) < 4.78 is 38.1. The van der Waals surface area contributed by atoms with Crippen molar-refractivity contribution in [2.75, 3.05) is 0 Å². The Kier molecular flexibility index (Phi) is 5.11. The molecule has 0 radical (unpaired) electrons. The first-order valence-corrected chi connectivity index (χ1v) is 9.54. The maximum Gasteiger partial charge on any atom is 0.443 e. The van der Waals surface area contributed by atoms with Crippen molar-refractivity contribution in [3.8, 4) is 11.3 Å². The molecule has 7 nitrogen and oxygen atoms in total. The zero-order valence-electron chi connectivity index (χ0n) is 15.5. The molecule has 0 aliphatic heterocycles. The van der Waals surface area contributed by atoms with Crippen molar-refractivity contribution in [3.05, 3.63) is 69.9 Å². The number of fused-ring (bicyclic) bond motifs is 1. The highest BCUT2D eigenvalue weighted by Crippen LogP contribution is 2.33. The SMILES string of the molecule is NC(=O)/C=C/c1c[nH]c2ncc(-c3ccc(C(=O)c4cnc(C(F)(F)F)s4)cc3)nc12. The average Bonchev–Trinajstić information content (AvgIpc) is 3.39. The molecule has 0 aliphatic carbocycles. The van der Waals surface area contributed by atoms with E-state index >= 15 is 0 Å². The van der Waals surface area contributed by atoms with Gasteiger partial charge in [0.25, 0.3) is 0 Å². The first-order chi connectivity index (χ1) is 14.7. The van der Waals surface area contributed by atoms with E-state index in [1.165, 1.54) is 30.5 Å². The first-order valence-electron chi connectivity index (χ1n) is 8.72. The summed E-state index contributed by atoms with van der Waals surface area (Å²) in [5.74, 6) is -1.15. The number of carbonyl (C=O) groups excluding carboxylic acids is 2. The Morgan fingerprint density at radius 1 is 1.10 bits per heavy atom. The number of alkyl halides is 3. The Hall–Kier alpha value is -3.86. The molecule has 0 unspecified atom stereocenters. The molecule has 31 heavy (non-hydrogen) atoms. The number of carbonyl (C=O) groups is 2. The number of aromatic nitrogens is 4. The van der Waals surface area contributed by atoms with E-state index in [9.17, 15) is 22.8 Å². The summed E-state index contributed by atoms with van der Waals surface area (Å²) >= 11 is 0.303. The van der Waals surface area contributed by atoms with Crippen LogP contribution in [-0.4, -0.2) is 31.6 Å². The Morgan fingerprint density at radius 3 is 2.48 bits per heavy atom. The zero-order chi connectivity index (χ0) is 22.2. The van der Waals surface area contributed by atoms with E-state index in [1.54, 1.807) is 18.3 Å². The van der Waals surface area contributed by atoms with Gasteiger partial charge < -0.3 is 10.7 Å². The Balaban J connectivity index is 1.61. The standard InChI is InChI=1S/C20H12F3N5O2S/c21-20(22,23)19-27-9-14(31-19)17(30)11-3-1-10(2-4-11)13-8-26-18-16(28-13)12(7-25-18)5-6-15(24)29/h1-9H,(H2,24,29)(H,25,26)/b6-5+.